The summed E-state index contributed by atoms with van der Waals surface area (Å²) in [4.78, 5) is 10.1. The Hall–Kier alpha value is -1.87. The summed E-state index contributed by atoms with van der Waals surface area (Å²) in [5.74, 6) is 0.955. The van der Waals surface area contributed by atoms with Crippen molar-refractivity contribution in [2.24, 2.45) is 0 Å². The van der Waals surface area contributed by atoms with Crippen molar-refractivity contribution in [3.63, 3.8) is 0 Å². The van der Waals surface area contributed by atoms with Crippen LogP contribution in [0.5, 0.6) is 0 Å². The lowest BCUT2D eigenvalue weighted by atomic mass is 9.97. The zero-order valence-corrected chi connectivity index (χ0v) is 16.0. The van der Waals surface area contributed by atoms with Gasteiger partial charge in [-0.2, -0.15) is 18.2 Å². The van der Waals surface area contributed by atoms with Crippen LogP contribution in [0.15, 0.2) is 22.9 Å². The molecule has 1 aliphatic rings. The fourth-order valence-corrected chi connectivity index (χ4v) is 3.13. The second-order valence-corrected chi connectivity index (χ2v) is 6.60. The minimum atomic E-state index is -4.43. The van der Waals surface area contributed by atoms with Crippen molar-refractivity contribution < 1.29 is 17.7 Å². The van der Waals surface area contributed by atoms with Crippen molar-refractivity contribution in [1.82, 2.24) is 20.4 Å². The summed E-state index contributed by atoms with van der Waals surface area (Å²) in [6.45, 7) is 2.91. The van der Waals surface area contributed by atoms with Gasteiger partial charge in [-0.05, 0) is 38.9 Å². The monoisotopic (exact) mass is 405 g/mol. The molecular formula is C17H23ClF3N5O. The minimum Gasteiger partial charge on any atom is -0.355 e. The van der Waals surface area contributed by atoms with E-state index in [9.17, 15) is 13.2 Å². The molecule has 1 saturated heterocycles. The maximum Gasteiger partial charge on any atom is 0.419 e. The molecule has 150 valence electrons. The van der Waals surface area contributed by atoms with Gasteiger partial charge in [-0.25, -0.2) is 4.98 Å². The van der Waals surface area contributed by atoms with Crippen molar-refractivity contribution in [2.45, 2.75) is 44.3 Å². The summed E-state index contributed by atoms with van der Waals surface area (Å²) in [5, 5.41) is 7.10. The first-order valence-corrected chi connectivity index (χ1v) is 8.65. The molecule has 1 fully saturated rings. The maximum absolute atomic E-state index is 13.3. The number of hydrogen-bond acceptors (Lipinski definition) is 6. The topological polar surface area (TPSA) is 67.1 Å². The summed E-state index contributed by atoms with van der Waals surface area (Å²) >= 11 is 0. The molecule has 3 heterocycles. The number of piperidine rings is 1. The van der Waals surface area contributed by atoms with Crippen LogP contribution in [-0.4, -0.2) is 41.3 Å². The quantitative estimate of drug-likeness (QED) is 0.822. The molecule has 27 heavy (non-hydrogen) atoms. The summed E-state index contributed by atoms with van der Waals surface area (Å²) in [7, 11) is 1.86. The highest BCUT2D eigenvalue weighted by atomic mass is 35.5. The second-order valence-electron chi connectivity index (χ2n) is 6.60. The number of likely N-dealkylation sites (N-methyl/N-ethyl adjacent to an activating group) is 1. The Balaban J connectivity index is 0.00000261. The average molecular weight is 406 g/mol. The molecule has 1 aliphatic heterocycles. The Labute approximate surface area is 161 Å². The predicted molar refractivity (Wildman–Crippen MR) is 97.2 cm³/mol. The number of aromatic nitrogens is 3. The molecule has 2 atom stereocenters. The molecule has 0 spiro atoms. The highest BCUT2D eigenvalue weighted by molar-refractivity contribution is 5.85. The Morgan fingerprint density at radius 3 is 2.89 bits per heavy atom. The van der Waals surface area contributed by atoms with Gasteiger partial charge in [0.15, 0.2) is 5.82 Å². The fourth-order valence-electron chi connectivity index (χ4n) is 3.13. The molecule has 0 aliphatic carbocycles. The highest BCUT2D eigenvalue weighted by Crippen LogP contribution is 2.37. The van der Waals surface area contributed by atoms with Gasteiger partial charge in [0.1, 0.15) is 5.82 Å². The highest BCUT2D eigenvalue weighted by Gasteiger charge is 2.37. The smallest absolute Gasteiger partial charge is 0.355 e. The summed E-state index contributed by atoms with van der Waals surface area (Å²) in [6, 6.07) is 2.59. The van der Waals surface area contributed by atoms with Gasteiger partial charge in [0.2, 0.25) is 5.89 Å². The van der Waals surface area contributed by atoms with Gasteiger partial charge in [0, 0.05) is 31.7 Å². The van der Waals surface area contributed by atoms with Crippen LogP contribution in [0.4, 0.5) is 19.0 Å². The number of anilines is 1. The molecule has 2 unspecified atom stereocenters. The van der Waals surface area contributed by atoms with Gasteiger partial charge in [0.25, 0.3) is 0 Å². The van der Waals surface area contributed by atoms with Crippen molar-refractivity contribution in [3.05, 3.63) is 35.6 Å². The number of halogens is 4. The zero-order valence-electron chi connectivity index (χ0n) is 15.2. The second kappa shape index (κ2) is 8.88. The third-order valence-electron chi connectivity index (χ3n) is 4.63. The van der Waals surface area contributed by atoms with Crippen LogP contribution in [0.1, 0.15) is 43.0 Å². The minimum absolute atomic E-state index is 0. The number of nitrogens with zero attached hydrogens (tertiary/aromatic N) is 4. The Bertz CT molecular complexity index is 739. The number of rotatable bonds is 5. The third kappa shape index (κ3) is 5.10. The molecule has 0 radical (unpaired) electrons. The predicted octanol–water partition coefficient (Wildman–Crippen LogP) is 3.44. The maximum atomic E-state index is 13.3. The van der Waals surface area contributed by atoms with Gasteiger partial charge in [0.05, 0.1) is 11.5 Å². The van der Waals surface area contributed by atoms with E-state index in [1.165, 1.54) is 12.3 Å². The largest absolute Gasteiger partial charge is 0.419 e. The van der Waals surface area contributed by atoms with E-state index in [1.54, 1.807) is 4.90 Å². The van der Waals surface area contributed by atoms with Crippen LogP contribution in [0.3, 0.4) is 0 Å². The van der Waals surface area contributed by atoms with E-state index in [0.29, 0.717) is 31.2 Å². The standard InChI is InChI=1S/C17H22F3N5O.ClH/c1-11(21-2)9-14-23-16(26-24-14)12-5-4-8-25(10-12)15-13(17(18,19)20)6-3-7-22-15;/h3,6-7,11-12,21H,4-5,8-10H2,1-2H3;1H. The molecule has 0 aromatic carbocycles. The third-order valence-corrected chi connectivity index (χ3v) is 4.63. The Morgan fingerprint density at radius 1 is 1.41 bits per heavy atom. The fraction of sp³-hybridized carbons (Fsp3) is 0.588. The van der Waals surface area contributed by atoms with Gasteiger partial charge in [-0.1, -0.05) is 5.16 Å². The van der Waals surface area contributed by atoms with Gasteiger partial charge in [-0.15, -0.1) is 12.4 Å². The summed E-state index contributed by atoms with van der Waals surface area (Å²) in [6.07, 6.45) is -0.873. The first-order valence-electron chi connectivity index (χ1n) is 8.65. The van der Waals surface area contributed by atoms with E-state index >= 15 is 0 Å². The van der Waals surface area contributed by atoms with Crippen LogP contribution in [-0.2, 0) is 12.6 Å². The van der Waals surface area contributed by atoms with Crippen molar-refractivity contribution >= 4 is 18.2 Å². The average Bonchev–Trinajstić information content (AvgIpc) is 3.09. The van der Waals surface area contributed by atoms with E-state index in [1.807, 2.05) is 14.0 Å². The van der Waals surface area contributed by atoms with E-state index in [0.717, 1.165) is 18.9 Å². The number of alkyl halides is 3. The van der Waals surface area contributed by atoms with E-state index < -0.39 is 11.7 Å². The molecule has 6 nitrogen and oxygen atoms in total. The molecule has 0 saturated carbocycles. The van der Waals surface area contributed by atoms with Crippen LogP contribution in [0.25, 0.3) is 0 Å². The van der Waals surface area contributed by atoms with Gasteiger partial charge < -0.3 is 14.7 Å². The van der Waals surface area contributed by atoms with Crippen LogP contribution in [0.2, 0.25) is 0 Å². The molecule has 10 heteroatoms. The Morgan fingerprint density at radius 2 is 2.19 bits per heavy atom. The van der Waals surface area contributed by atoms with Crippen LogP contribution < -0.4 is 10.2 Å². The van der Waals surface area contributed by atoms with Gasteiger partial charge in [-0.3, -0.25) is 0 Å². The SMILES string of the molecule is CNC(C)Cc1noc(C2CCCN(c3ncccc3C(F)(F)F)C2)n1.Cl. The lowest BCUT2D eigenvalue weighted by molar-refractivity contribution is -0.137. The van der Waals surface area contributed by atoms with E-state index in [-0.39, 0.29) is 30.2 Å². The molecule has 0 bridgehead atoms. The summed E-state index contributed by atoms with van der Waals surface area (Å²) in [5.41, 5.74) is -0.713. The van der Waals surface area contributed by atoms with Crippen molar-refractivity contribution in [1.29, 1.82) is 0 Å². The normalized spacial score (nSPS) is 18.9. The van der Waals surface area contributed by atoms with Gasteiger partial charge >= 0.3 is 6.18 Å². The lowest BCUT2D eigenvalue weighted by Crippen LogP contribution is -2.36. The van der Waals surface area contributed by atoms with Crippen molar-refractivity contribution in [3.8, 4) is 0 Å². The Kier molecular flexibility index (Phi) is 7.05. The molecule has 1 N–H and O–H groups in total. The van der Waals surface area contributed by atoms with E-state index in [2.05, 4.69) is 20.4 Å². The molecule has 2 aromatic heterocycles. The number of pyridine rings is 1. The number of nitrogens with one attached hydrogen (secondary N) is 1. The molecular weight excluding hydrogens is 383 g/mol. The van der Waals surface area contributed by atoms with Crippen molar-refractivity contribution in [2.75, 3.05) is 25.0 Å². The van der Waals surface area contributed by atoms with Crippen LogP contribution in [0, 0.1) is 0 Å². The lowest BCUT2D eigenvalue weighted by Gasteiger charge is -2.33. The molecule has 0 amide bonds. The van der Waals surface area contributed by atoms with Crippen LogP contribution >= 0.6 is 12.4 Å². The number of hydrogen-bond donors (Lipinski definition) is 1. The zero-order chi connectivity index (χ0) is 18.7. The molecule has 2 aromatic rings. The first kappa shape index (κ1) is 21.4. The summed E-state index contributed by atoms with van der Waals surface area (Å²) < 4.78 is 45.2. The van der Waals surface area contributed by atoms with E-state index in [4.69, 9.17) is 4.52 Å². The first-order chi connectivity index (χ1) is 12.4. The molecule has 3 rings (SSSR count).